The molecule has 2 aromatic rings. The topological polar surface area (TPSA) is 60.3 Å². The van der Waals surface area contributed by atoms with Crippen molar-refractivity contribution in [1.82, 2.24) is 9.88 Å². The summed E-state index contributed by atoms with van der Waals surface area (Å²) in [6, 6.07) is 7.66. The van der Waals surface area contributed by atoms with Crippen LogP contribution in [0.5, 0.6) is 0 Å². The van der Waals surface area contributed by atoms with Gasteiger partial charge in [-0.2, -0.15) is 0 Å². The minimum absolute atomic E-state index is 0.0776. The summed E-state index contributed by atoms with van der Waals surface area (Å²) in [5.74, 6) is -0.760. The Morgan fingerprint density at radius 3 is 2.76 bits per heavy atom. The lowest BCUT2D eigenvalue weighted by atomic mass is 10.2. The molecule has 1 atom stereocenters. The molecule has 0 fully saturated rings. The van der Waals surface area contributed by atoms with Crippen molar-refractivity contribution in [2.75, 3.05) is 6.61 Å². The molecule has 5 heteroatoms. The number of aromatic nitrogens is 1. The molecule has 0 aliphatic rings. The number of nitrogens with zero attached hydrogens (tertiary/aromatic N) is 1. The fraction of sp³-hybridized carbons (Fsp3) is 0.375. The van der Waals surface area contributed by atoms with Crippen molar-refractivity contribution in [2.24, 2.45) is 7.05 Å². The summed E-state index contributed by atoms with van der Waals surface area (Å²) in [7, 11) is 1.87. The van der Waals surface area contributed by atoms with Crippen LogP contribution < -0.4 is 5.32 Å². The second-order valence-electron chi connectivity index (χ2n) is 5.12. The number of aryl methyl sites for hydroxylation is 1. The molecule has 0 saturated heterocycles. The van der Waals surface area contributed by atoms with Crippen LogP contribution in [0.1, 0.15) is 30.6 Å². The Balaban J connectivity index is 2.04. The Bertz CT molecular complexity index is 661. The maximum atomic E-state index is 12.1. The summed E-state index contributed by atoms with van der Waals surface area (Å²) in [6.45, 7) is 3.63. The fourth-order valence-corrected chi connectivity index (χ4v) is 2.13. The highest BCUT2D eigenvalue weighted by molar-refractivity contribution is 6.04. The molecule has 1 aromatic heterocycles. The molecule has 21 heavy (non-hydrogen) atoms. The van der Waals surface area contributed by atoms with Crippen LogP contribution in [-0.4, -0.2) is 29.1 Å². The van der Waals surface area contributed by atoms with Crippen LogP contribution in [0.2, 0.25) is 0 Å². The largest absolute Gasteiger partial charge is 0.452 e. The van der Waals surface area contributed by atoms with E-state index in [1.54, 1.807) is 6.20 Å². The van der Waals surface area contributed by atoms with Gasteiger partial charge in [0.2, 0.25) is 0 Å². The standard InChI is InChI=1S/C16H20N2O3/c1-4-11(2)17-15(19)10-21-16(20)13-9-18(3)14-8-6-5-7-12(13)14/h5-9,11H,4,10H2,1-3H3,(H,17,19). The molecule has 1 amide bonds. The average molecular weight is 288 g/mol. The van der Waals surface area contributed by atoms with E-state index in [1.807, 2.05) is 49.7 Å². The zero-order chi connectivity index (χ0) is 15.4. The second-order valence-corrected chi connectivity index (χ2v) is 5.12. The molecular formula is C16H20N2O3. The van der Waals surface area contributed by atoms with Crippen LogP contribution in [-0.2, 0) is 16.6 Å². The lowest BCUT2D eigenvalue weighted by Gasteiger charge is -2.11. The second kappa shape index (κ2) is 6.43. The van der Waals surface area contributed by atoms with Gasteiger partial charge in [0.25, 0.3) is 5.91 Å². The third-order valence-electron chi connectivity index (χ3n) is 3.47. The van der Waals surface area contributed by atoms with E-state index >= 15 is 0 Å². The first-order chi connectivity index (χ1) is 10.0. The molecule has 1 heterocycles. The number of hydrogen-bond acceptors (Lipinski definition) is 3. The Labute approximate surface area is 123 Å². The van der Waals surface area contributed by atoms with Crippen LogP contribution in [0.3, 0.4) is 0 Å². The monoisotopic (exact) mass is 288 g/mol. The van der Waals surface area contributed by atoms with Crippen molar-refractivity contribution in [3.8, 4) is 0 Å². The fourth-order valence-electron chi connectivity index (χ4n) is 2.13. The van der Waals surface area contributed by atoms with E-state index in [-0.39, 0.29) is 18.6 Å². The van der Waals surface area contributed by atoms with E-state index < -0.39 is 5.97 Å². The van der Waals surface area contributed by atoms with Crippen LogP contribution in [0.25, 0.3) is 10.9 Å². The maximum absolute atomic E-state index is 12.1. The number of hydrogen-bond donors (Lipinski definition) is 1. The van der Waals surface area contributed by atoms with Gasteiger partial charge in [0.15, 0.2) is 6.61 Å². The lowest BCUT2D eigenvalue weighted by Crippen LogP contribution is -2.35. The van der Waals surface area contributed by atoms with E-state index in [4.69, 9.17) is 4.74 Å². The molecule has 5 nitrogen and oxygen atoms in total. The molecule has 0 radical (unpaired) electrons. The number of fused-ring (bicyclic) bond motifs is 1. The number of rotatable bonds is 5. The molecule has 0 bridgehead atoms. The van der Waals surface area contributed by atoms with Crippen molar-refractivity contribution >= 4 is 22.8 Å². The van der Waals surface area contributed by atoms with Gasteiger partial charge in [0, 0.05) is 30.2 Å². The molecule has 112 valence electrons. The summed E-state index contributed by atoms with van der Waals surface area (Å²) < 4.78 is 6.96. The first-order valence-electron chi connectivity index (χ1n) is 7.03. The summed E-state index contributed by atoms with van der Waals surface area (Å²) in [6.07, 6.45) is 2.56. The van der Waals surface area contributed by atoms with Gasteiger partial charge in [-0.3, -0.25) is 4.79 Å². The molecule has 0 aliphatic heterocycles. The molecule has 1 N–H and O–H groups in total. The number of benzene rings is 1. The predicted molar refractivity (Wildman–Crippen MR) is 81.1 cm³/mol. The van der Waals surface area contributed by atoms with E-state index in [2.05, 4.69) is 5.32 Å². The molecular weight excluding hydrogens is 268 g/mol. The van der Waals surface area contributed by atoms with Gasteiger partial charge in [-0.15, -0.1) is 0 Å². The summed E-state index contributed by atoms with van der Waals surface area (Å²) >= 11 is 0. The van der Waals surface area contributed by atoms with Crippen LogP contribution >= 0.6 is 0 Å². The third kappa shape index (κ3) is 3.42. The molecule has 0 saturated carbocycles. The van der Waals surface area contributed by atoms with Gasteiger partial charge in [-0.05, 0) is 19.4 Å². The van der Waals surface area contributed by atoms with Gasteiger partial charge in [-0.25, -0.2) is 4.79 Å². The molecule has 1 unspecified atom stereocenters. The highest BCUT2D eigenvalue weighted by atomic mass is 16.5. The van der Waals surface area contributed by atoms with Crippen molar-refractivity contribution in [3.63, 3.8) is 0 Å². The zero-order valence-electron chi connectivity index (χ0n) is 12.6. The number of esters is 1. The van der Waals surface area contributed by atoms with Crippen molar-refractivity contribution in [1.29, 1.82) is 0 Å². The van der Waals surface area contributed by atoms with Gasteiger partial charge in [0.1, 0.15) is 0 Å². The highest BCUT2D eigenvalue weighted by Gasteiger charge is 2.16. The number of nitrogens with one attached hydrogen (secondary N) is 1. The minimum atomic E-state index is -0.480. The first kappa shape index (κ1) is 15.1. The summed E-state index contributed by atoms with van der Waals surface area (Å²) in [5, 5.41) is 3.58. The summed E-state index contributed by atoms with van der Waals surface area (Å²) in [4.78, 5) is 23.7. The van der Waals surface area contributed by atoms with Crippen LogP contribution in [0.4, 0.5) is 0 Å². The highest BCUT2D eigenvalue weighted by Crippen LogP contribution is 2.20. The average Bonchev–Trinajstić information content (AvgIpc) is 2.82. The Hall–Kier alpha value is -2.30. The number of amides is 1. The number of carbonyl (C=O) groups excluding carboxylic acids is 2. The maximum Gasteiger partial charge on any atom is 0.340 e. The Morgan fingerprint density at radius 1 is 1.33 bits per heavy atom. The third-order valence-corrected chi connectivity index (χ3v) is 3.47. The SMILES string of the molecule is CCC(C)NC(=O)COC(=O)c1cn(C)c2ccccc12. The van der Waals surface area contributed by atoms with Gasteiger partial charge < -0.3 is 14.6 Å². The van der Waals surface area contributed by atoms with Gasteiger partial charge in [-0.1, -0.05) is 25.1 Å². The van der Waals surface area contributed by atoms with E-state index in [0.717, 1.165) is 17.3 Å². The van der Waals surface area contributed by atoms with Gasteiger partial charge in [0.05, 0.1) is 5.56 Å². The number of carbonyl (C=O) groups is 2. The Morgan fingerprint density at radius 2 is 2.05 bits per heavy atom. The quantitative estimate of drug-likeness (QED) is 0.858. The van der Waals surface area contributed by atoms with E-state index in [1.165, 1.54) is 0 Å². The lowest BCUT2D eigenvalue weighted by molar-refractivity contribution is -0.124. The van der Waals surface area contributed by atoms with E-state index in [0.29, 0.717) is 5.56 Å². The summed E-state index contributed by atoms with van der Waals surface area (Å²) in [5.41, 5.74) is 1.43. The molecule has 0 aliphatic carbocycles. The number of para-hydroxylation sites is 1. The normalized spacial score (nSPS) is 12.1. The van der Waals surface area contributed by atoms with Gasteiger partial charge >= 0.3 is 5.97 Å². The van der Waals surface area contributed by atoms with Crippen molar-refractivity contribution < 1.29 is 14.3 Å². The molecule has 0 spiro atoms. The Kier molecular flexibility index (Phi) is 4.62. The molecule has 1 aromatic carbocycles. The first-order valence-corrected chi connectivity index (χ1v) is 7.03. The predicted octanol–water partition coefficient (Wildman–Crippen LogP) is 2.25. The minimum Gasteiger partial charge on any atom is -0.452 e. The smallest absolute Gasteiger partial charge is 0.340 e. The zero-order valence-corrected chi connectivity index (χ0v) is 12.6. The molecule has 2 rings (SSSR count). The van der Waals surface area contributed by atoms with Crippen molar-refractivity contribution in [3.05, 3.63) is 36.0 Å². The van der Waals surface area contributed by atoms with Crippen LogP contribution in [0.15, 0.2) is 30.5 Å². The van der Waals surface area contributed by atoms with E-state index in [9.17, 15) is 9.59 Å². The van der Waals surface area contributed by atoms with Crippen molar-refractivity contribution in [2.45, 2.75) is 26.3 Å². The number of ether oxygens (including phenoxy) is 1. The van der Waals surface area contributed by atoms with Crippen LogP contribution in [0, 0.1) is 0 Å².